The van der Waals surface area contributed by atoms with E-state index in [1.165, 1.54) is 18.2 Å². The van der Waals surface area contributed by atoms with Crippen molar-refractivity contribution in [1.29, 1.82) is 5.26 Å². The molecule has 1 heterocycles. The van der Waals surface area contributed by atoms with Gasteiger partial charge in [0.15, 0.2) is 6.61 Å². The minimum absolute atomic E-state index is 0.112. The van der Waals surface area contributed by atoms with E-state index in [4.69, 9.17) is 14.7 Å². The van der Waals surface area contributed by atoms with Gasteiger partial charge in [-0.3, -0.25) is 4.79 Å². The molecule has 0 N–H and O–H groups in total. The fourth-order valence-electron chi connectivity index (χ4n) is 1.94. The summed E-state index contributed by atoms with van der Waals surface area (Å²) in [7, 11) is 0. The fraction of sp³-hybridized carbons (Fsp3) is 0.429. The first-order valence-electron chi connectivity index (χ1n) is 6.34. The molecule has 0 unspecified atom stereocenters. The van der Waals surface area contributed by atoms with Crippen molar-refractivity contribution in [3.05, 3.63) is 29.6 Å². The van der Waals surface area contributed by atoms with Gasteiger partial charge in [-0.1, -0.05) is 6.07 Å². The molecule has 0 spiro atoms. The molecule has 2 rings (SSSR count). The van der Waals surface area contributed by atoms with Crippen LogP contribution in [-0.2, 0) is 16.0 Å². The lowest BCUT2D eigenvalue weighted by Crippen LogP contribution is -2.43. The second-order valence-electron chi connectivity index (χ2n) is 4.37. The molecule has 0 radical (unpaired) electrons. The molecule has 0 aliphatic carbocycles. The second-order valence-corrected chi connectivity index (χ2v) is 4.37. The lowest BCUT2D eigenvalue weighted by molar-refractivity contribution is -0.137. The maximum Gasteiger partial charge on any atom is 0.260 e. The quantitative estimate of drug-likeness (QED) is 0.828. The van der Waals surface area contributed by atoms with E-state index in [2.05, 4.69) is 0 Å². The van der Waals surface area contributed by atoms with Crippen LogP contribution >= 0.6 is 0 Å². The number of hydrogen-bond donors (Lipinski definition) is 0. The van der Waals surface area contributed by atoms with E-state index in [1.54, 1.807) is 4.90 Å². The van der Waals surface area contributed by atoms with Crippen molar-refractivity contribution in [3.63, 3.8) is 0 Å². The van der Waals surface area contributed by atoms with E-state index in [9.17, 15) is 9.18 Å². The molecule has 0 aromatic heterocycles. The molecule has 1 fully saturated rings. The molecule has 5 nitrogen and oxygen atoms in total. The number of amides is 1. The molecular formula is C14H15FN2O3. The minimum Gasteiger partial charge on any atom is -0.483 e. The summed E-state index contributed by atoms with van der Waals surface area (Å²) < 4.78 is 23.7. The number of rotatable bonds is 4. The fourth-order valence-corrected chi connectivity index (χ4v) is 1.94. The van der Waals surface area contributed by atoms with Crippen molar-refractivity contribution in [2.24, 2.45) is 0 Å². The molecule has 0 saturated carbocycles. The van der Waals surface area contributed by atoms with Crippen molar-refractivity contribution >= 4 is 5.91 Å². The Morgan fingerprint density at radius 2 is 2.20 bits per heavy atom. The molecule has 0 atom stereocenters. The first kappa shape index (κ1) is 14.3. The zero-order valence-corrected chi connectivity index (χ0v) is 11.0. The highest BCUT2D eigenvalue weighted by atomic mass is 19.1. The van der Waals surface area contributed by atoms with Crippen LogP contribution in [0.5, 0.6) is 5.75 Å². The molecule has 1 aliphatic rings. The summed E-state index contributed by atoms with van der Waals surface area (Å²) in [6.07, 6.45) is 0.112. The number of hydrogen-bond acceptors (Lipinski definition) is 4. The smallest absolute Gasteiger partial charge is 0.260 e. The Bertz CT molecular complexity index is 522. The molecule has 1 aromatic rings. The van der Waals surface area contributed by atoms with Crippen molar-refractivity contribution in [2.45, 2.75) is 6.42 Å². The van der Waals surface area contributed by atoms with E-state index in [1.807, 2.05) is 6.07 Å². The highest BCUT2D eigenvalue weighted by molar-refractivity contribution is 5.77. The maximum atomic E-state index is 13.2. The minimum atomic E-state index is -0.458. The molecule has 1 amide bonds. The number of ether oxygens (including phenoxy) is 2. The van der Waals surface area contributed by atoms with E-state index >= 15 is 0 Å². The van der Waals surface area contributed by atoms with Crippen LogP contribution in [0.4, 0.5) is 4.39 Å². The average Bonchev–Trinajstić information content (AvgIpc) is 2.48. The van der Waals surface area contributed by atoms with Crippen molar-refractivity contribution in [2.75, 3.05) is 32.9 Å². The van der Waals surface area contributed by atoms with Gasteiger partial charge in [-0.05, 0) is 6.07 Å². The van der Waals surface area contributed by atoms with Gasteiger partial charge in [0, 0.05) is 24.7 Å². The summed E-state index contributed by atoms with van der Waals surface area (Å²) in [5.74, 6) is -0.380. The molecule has 0 bridgehead atoms. The SMILES string of the molecule is N#CCc1ccc(F)cc1OCC(=O)N1CCOCC1. The Morgan fingerprint density at radius 1 is 1.45 bits per heavy atom. The maximum absolute atomic E-state index is 13.2. The van der Waals surface area contributed by atoms with Gasteiger partial charge in [0.25, 0.3) is 5.91 Å². The van der Waals surface area contributed by atoms with Crippen molar-refractivity contribution in [1.82, 2.24) is 4.90 Å². The molecule has 20 heavy (non-hydrogen) atoms. The molecule has 106 valence electrons. The highest BCUT2D eigenvalue weighted by Gasteiger charge is 2.17. The molecule has 1 aliphatic heterocycles. The zero-order chi connectivity index (χ0) is 14.4. The number of benzene rings is 1. The van der Waals surface area contributed by atoms with Crippen LogP contribution in [-0.4, -0.2) is 43.7 Å². The van der Waals surface area contributed by atoms with Crippen LogP contribution in [0.15, 0.2) is 18.2 Å². The first-order chi connectivity index (χ1) is 9.70. The summed E-state index contributed by atoms with van der Waals surface area (Å²) in [6.45, 7) is 1.95. The Balaban J connectivity index is 1.97. The highest BCUT2D eigenvalue weighted by Crippen LogP contribution is 2.20. The molecule has 6 heteroatoms. The lowest BCUT2D eigenvalue weighted by atomic mass is 10.1. The Kier molecular flexibility index (Phi) is 4.91. The number of morpholine rings is 1. The number of nitrogens with zero attached hydrogens (tertiary/aromatic N) is 2. The van der Waals surface area contributed by atoms with Gasteiger partial charge in [0.2, 0.25) is 0 Å². The summed E-state index contributed by atoms with van der Waals surface area (Å²) in [5, 5.41) is 8.71. The van der Waals surface area contributed by atoms with E-state index in [-0.39, 0.29) is 24.7 Å². The zero-order valence-electron chi connectivity index (χ0n) is 11.0. The largest absolute Gasteiger partial charge is 0.483 e. The number of carbonyl (C=O) groups excluding carboxylic acids is 1. The van der Waals surface area contributed by atoms with Crippen molar-refractivity contribution in [3.8, 4) is 11.8 Å². The van der Waals surface area contributed by atoms with Gasteiger partial charge in [-0.25, -0.2) is 4.39 Å². The van der Waals surface area contributed by atoms with Crippen molar-refractivity contribution < 1.29 is 18.7 Å². The Morgan fingerprint density at radius 3 is 2.90 bits per heavy atom. The van der Waals surface area contributed by atoms with E-state index in [0.717, 1.165) is 0 Å². The van der Waals surface area contributed by atoms with Gasteiger partial charge in [-0.2, -0.15) is 5.26 Å². The van der Waals surface area contributed by atoms with E-state index in [0.29, 0.717) is 31.9 Å². The van der Waals surface area contributed by atoms with Gasteiger partial charge < -0.3 is 14.4 Å². The third kappa shape index (κ3) is 3.68. The van der Waals surface area contributed by atoms with Gasteiger partial charge in [-0.15, -0.1) is 0 Å². The first-order valence-corrected chi connectivity index (χ1v) is 6.34. The Labute approximate surface area is 116 Å². The number of nitriles is 1. The van der Waals surface area contributed by atoms with Gasteiger partial charge >= 0.3 is 0 Å². The van der Waals surface area contributed by atoms with Crippen LogP contribution < -0.4 is 4.74 Å². The standard InChI is InChI=1S/C14H15FN2O3/c15-12-2-1-11(3-4-16)13(9-12)20-10-14(18)17-5-7-19-8-6-17/h1-2,9H,3,5-8,10H2. The third-order valence-electron chi connectivity index (χ3n) is 3.01. The van der Waals surface area contributed by atoms with Crippen LogP contribution in [0.2, 0.25) is 0 Å². The molecule has 1 aromatic carbocycles. The van der Waals surface area contributed by atoms with E-state index < -0.39 is 5.82 Å². The third-order valence-corrected chi connectivity index (χ3v) is 3.01. The number of halogens is 1. The molecule has 1 saturated heterocycles. The summed E-state index contributed by atoms with van der Waals surface area (Å²) in [4.78, 5) is 13.6. The van der Waals surface area contributed by atoms with Crippen LogP contribution in [0, 0.1) is 17.1 Å². The summed E-state index contributed by atoms with van der Waals surface area (Å²) in [6, 6.07) is 5.93. The van der Waals surface area contributed by atoms with Crippen LogP contribution in [0.3, 0.4) is 0 Å². The topological polar surface area (TPSA) is 62.6 Å². The summed E-state index contributed by atoms with van der Waals surface area (Å²) in [5.41, 5.74) is 0.573. The van der Waals surface area contributed by atoms with Gasteiger partial charge in [0.05, 0.1) is 25.7 Å². The van der Waals surface area contributed by atoms with Crippen LogP contribution in [0.25, 0.3) is 0 Å². The summed E-state index contributed by atoms with van der Waals surface area (Å²) >= 11 is 0. The number of carbonyl (C=O) groups is 1. The second kappa shape index (κ2) is 6.87. The average molecular weight is 278 g/mol. The lowest BCUT2D eigenvalue weighted by Gasteiger charge is -2.26. The Hall–Kier alpha value is -2.13. The normalized spacial score (nSPS) is 14.7. The molecular weight excluding hydrogens is 263 g/mol. The predicted molar refractivity (Wildman–Crippen MR) is 68.6 cm³/mol. The van der Waals surface area contributed by atoms with Gasteiger partial charge in [0.1, 0.15) is 11.6 Å². The monoisotopic (exact) mass is 278 g/mol. The van der Waals surface area contributed by atoms with Crippen LogP contribution in [0.1, 0.15) is 5.56 Å². The predicted octanol–water partition coefficient (Wildman–Crippen LogP) is 1.13.